The van der Waals surface area contributed by atoms with Crippen LogP contribution in [0.1, 0.15) is 125 Å². The Hall–Kier alpha value is -9.50. The van der Waals surface area contributed by atoms with Crippen LogP contribution < -0.4 is 9.80 Å². The second-order valence-corrected chi connectivity index (χ2v) is 26.7. The number of fused-ring (bicyclic) bond motifs is 6. The molecule has 11 aromatic carbocycles. The van der Waals surface area contributed by atoms with E-state index in [9.17, 15) is 0 Å². The molecule has 0 aromatic heterocycles. The molecule has 0 saturated heterocycles. The molecular weight excluding hydrogens is 1040 g/mol. The van der Waals surface area contributed by atoms with Crippen molar-refractivity contribution in [1.29, 1.82) is 0 Å². The molecule has 0 bridgehead atoms. The quantitative estimate of drug-likeness (QED) is 0.113. The lowest BCUT2D eigenvalue weighted by atomic mass is 9.81. The fourth-order valence-corrected chi connectivity index (χ4v) is 13.1. The normalized spacial score (nSPS) is 13.8. The van der Waals surface area contributed by atoms with E-state index in [2.05, 4.69) is 358 Å². The van der Waals surface area contributed by atoms with Gasteiger partial charge in [0.1, 0.15) is 0 Å². The highest BCUT2D eigenvalue weighted by molar-refractivity contribution is 5.89. The molecule has 13 rings (SSSR count). The molecule has 0 saturated carbocycles. The first-order valence-corrected chi connectivity index (χ1v) is 30.5. The van der Waals surface area contributed by atoms with Gasteiger partial charge in [-0.1, -0.05) is 276 Å². The van der Waals surface area contributed by atoms with Crippen LogP contribution in [0.15, 0.2) is 255 Å². The SMILES string of the molecule is CC(C)(C)c1ccc(N(c2ccc(-c3ccccc3)cc2)c2ccc3c(c2)C(C)(C)c2cc(/C=C/c4ccc(/C=C/c5ccc6c(c5)C(C)(C)c5cc(N(c7ccc(-c8ccccc8)cc7)c7ccc(C(C)(C)C)cc7)ccc5-6)cc4)ccc2-3)cc1. The molecule has 0 heterocycles. The summed E-state index contributed by atoms with van der Waals surface area (Å²) in [5.41, 5.74) is 29.5. The van der Waals surface area contributed by atoms with Crippen molar-refractivity contribution in [2.45, 2.75) is 90.9 Å². The lowest BCUT2D eigenvalue weighted by Gasteiger charge is -2.29. The lowest BCUT2D eigenvalue weighted by molar-refractivity contribution is 0.590. The minimum Gasteiger partial charge on any atom is -0.310 e. The average Bonchev–Trinajstić information content (AvgIpc) is 2.18. The van der Waals surface area contributed by atoms with Crippen LogP contribution >= 0.6 is 0 Å². The standard InChI is InChI=1S/C84H76N2/c1-81(2,3)65-35-43-69(44-36-65)85(67-39-31-63(32-40-67)61-17-13-11-14-18-61)71-47-51-75-73-49-29-59(53-77(73)83(7,8)79(75)55-71)27-25-57-21-23-58(24-22-57)26-28-60-30-50-74-76-52-48-72(56-80(76)84(9,10)78(74)54-60)86(70-45-37-66(38-46-70)82(4,5)6)68-41-33-64(34-42-68)62-19-15-12-16-20-62/h11-56H,1-10H3/b27-25+,28-26+. The van der Waals surface area contributed by atoms with E-state index in [0.29, 0.717) is 0 Å². The van der Waals surface area contributed by atoms with Crippen molar-refractivity contribution in [3.05, 3.63) is 310 Å². The van der Waals surface area contributed by atoms with E-state index >= 15 is 0 Å². The predicted molar refractivity (Wildman–Crippen MR) is 370 cm³/mol. The summed E-state index contributed by atoms with van der Waals surface area (Å²) < 4.78 is 0. The van der Waals surface area contributed by atoms with Gasteiger partial charge in [-0.15, -0.1) is 0 Å². The third-order valence-corrected chi connectivity index (χ3v) is 18.2. The molecule has 2 aliphatic carbocycles. The van der Waals surface area contributed by atoms with Crippen LogP contribution in [-0.2, 0) is 21.7 Å². The molecule has 2 heteroatoms. The van der Waals surface area contributed by atoms with Crippen molar-refractivity contribution in [3.63, 3.8) is 0 Å². The number of anilines is 6. The van der Waals surface area contributed by atoms with E-state index in [0.717, 1.165) is 34.1 Å². The fraction of sp³-hybridized carbons (Fsp3) is 0.167. The smallest absolute Gasteiger partial charge is 0.0465 e. The second-order valence-electron chi connectivity index (χ2n) is 26.7. The van der Waals surface area contributed by atoms with Crippen molar-refractivity contribution in [3.8, 4) is 44.5 Å². The Bertz CT molecular complexity index is 4050. The second kappa shape index (κ2) is 21.8. The van der Waals surface area contributed by atoms with Crippen LogP contribution in [0.2, 0.25) is 0 Å². The Morgan fingerprint density at radius 1 is 0.256 bits per heavy atom. The molecule has 0 spiro atoms. The van der Waals surface area contributed by atoms with E-state index in [4.69, 9.17) is 0 Å². The summed E-state index contributed by atoms with van der Waals surface area (Å²) >= 11 is 0. The van der Waals surface area contributed by atoms with Crippen LogP contribution in [-0.4, -0.2) is 0 Å². The number of nitrogens with zero attached hydrogens (tertiary/aromatic N) is 2. The molecule has 0 aliphatic heterocycles. The molecule has 0 atom stereocenters. The zero-order valence-corrected chi connectivity index (χ0v) is 51.5. The van der Waals surface area contributed by atoms with Crippen molar-refractivity contribution in [2.75, 3.05) is 9.80 Å². The predicted octanol–water partition coefficient (Wildman–Crippen LogP) is 23.5. The molecule has 2 aliphatic rings. The van der Waals surface area contributed by atoms with Gasteiger partial charge in [-0.3, -0.25) is 0 Å². The van der Waals surface area contributed by atoms with Gasteiger partial charge in [0.25, 0.3) is 0 Å². The minimum atomic E-state index is -0.196. The molecule has 0 fully saturated rings. The van der Waals surface area contributed by atoms with Crippen molar-refractivity contribution >= 4 is 58.4 Å². The van der Waals surface area contributed by atoms with Crippen molar-refractivity contribution in [2.24, 2.45) is 0 Å². The highest BCUT2D eigenvalue weighted by Crippen LogP contribution is 2.53. The van der Waals surface area contributed by atoms with Gasteiger partial charge < -0.3 is 9.80 Å². The van der Waals surface area contributed by atoms with E-state index in [1.54, 1.807) is 0 Å². The molecule has 0 amide bonds. The molecule has 0 radical (unpaired) electrons. The van der Waals surface area contributed by atoms with Gasteiger partial charge in [-0.05, 0) is 184 Å². The van der Waals surface area contributed by atoms with Gasteiger partial charge in [0.15, 0.2) is 0 Å². The zero-order chi connectivity index (χ0) is 59.5. The molecule has 11 aromatic rings. The van der Waals surface area contributed by atoms with E-state index in [-0.39, 0.29) is 21.7 Å². The van der Waals surface area contributed by atoms with Gasteiger partial charge in [0.05, 0.1) is 0 Å². The Morgan fingerprint density at radius 2 is 0.512 bits per heavy atom. The molecule has 86 heavy (non-hydrogen) atoms. The van der Waals surface area contributed by atoms with Gasteiger partial charge >= 0.3 is 0 Å². The van der Waals surface area contributed by atoms with Gasteiger partial charge in [-0.25, -0.2) is 0 Å². The molecule has 422 valence electrons. The first-order valence-electron chi connectivity index (χ1n) is 30.5. The third-order valence-electron chi connectivity index (χ3n) is 18.2. The molecule has 0 N–H and O–H groups in total. The third kappa shape index (κ3) is 10.6. The largest absolute Gasteiger partial charge is 0.310 e. The number of hydrogen-bond donors (Lipinski definition) is 0. The van der Waals surface area contributed by atoms with Crippen LogP contribution in [0, 0.1) is 0 Å². The molecular formula is C84H76N2. The maximum atomic E-state index is 2.43. The van der Waals surface area contributed by atoms with Crippen LogP contribution in [0.3, 0.4) is 0 Å². The lowest BCUT2D eigenvalue weighted by Crippen LogP contribution is -2.17. The first kappa shape index (κ1) is 55.7. The summed E-state index contributed by atoms with van der Waals surface area (Å²) in [6.45, 7) is 23.2. The van der Waals surface area contributed by atoms with E-state index in [1.807, 2.05) is 0 Å². The topological polar surface area (TPSA) is 6.48 Å². The number of rotatable bonds is 12. The summed E-state index contributed by atoms with van der Waals surface area (Å²) in [4.78, 5) is 4.82. The van der Waals surface area contributed by atoms with Gasteiger partial charge in [-0.2, -0.15) is 0 Å². The Labute approximate surface area is 511 Å². The fourth-order valence-electron chi connectivity index (χ4n) is 13.1. The highest BCUT2D eigenvalue weighted by atomic mass is 15.1. The number of benzene rings is 11. The number of hydrogen-bond acceptors (Lipinski definition) is 2. The minimum absolute atomic E-state index is 0.0666. The monoisotopic (exact) mass is 1110 g/mol. The summed E-state index contributed by atoms with van der Waals surface area (Å²) in [6.07, 6.45) is 9.00. The average molecular weight is 1110 g/mol. The summed E-state index contributed by atoms with van der Waals surface area (Å²) in [5.74, 6) is 0. The van der Waals surface area contributed by atoms with Crippen molar-refractivity contribution < 1.29 is 0 Å². The Morgan fingerprint density at radius 3 is 0.837 bits per heavy atom. The molecule has 0 unspecified atom stereocenters. The summed E-state index contributed by atoms with van der Waals surface area (Å²) in [7, 11) is 0. The van der Waals surface area contributed by atoms with E-state index in [1.165, 1.54) is 100 Å². The maximum absolute atomic E-state index is 2.43. The first-order chi connectivity index (χ1) is 41.4. The Balaban J connectivity index is 0.715. The van der Waals surface area contributed by atoms with Gasteiger partial charge in [0.2, 0.25) is 0 Å². The highest BCUT2D eigenvalue weighted by Gasteiger charge is 2.38. The maximum Gasteiger partial charge on any atom is 0.0465 e. The van der Waals surface area contributed by atoms with Crippen LogP contribution in [0.5, 0.6) is 0 Å². The Kier molecular flexibility index (Phi) is 14.1. The molecule has 2 nitrogen and oxygen atoms in total. The van der Waals surface area contributed by atoms with Crippen LogP contribution in [0.4, 0.5) is 34.1 Å². The van der Waals surface area contributed by atoms with Crippen LogP contribution in [0.25, 0.3) is 68.8 Å². The zero-order valence-electron chi connectivity index (χ0n) is 51.5. The van der Waals surface area contributed by atoms with Crippen molar-refractivity contribution in [1.82, 2.24) is 0 Å². The van der Waals surface area contributed by atoms with E-state index < -0.39 is 0 Å². The summed E-state index contributed by atoms with van der Waals surface area (Å²) in [6, 6.07) is 94.5. The summed E-state index contributed by atoms with van der Waals surface area (Å²) in [5, 5.41) is 0. The van der Waals surface area contributed by atoms with Gasteiger partial charge in [0, 0.05) is 45.0 Å².